The summed E-state index contributed by atoms with van der Waals surface area (Å²) in [4.78, 5) is 14.5. The number of hydrogen-bond donors (Lipinski definition) is 1. The van der Waals surface area contributed by atoms with E-state index >= 15 is 0 Å². The number of ether oxygens (including phenoxy) is 1. The van der Waals surface area contributed by atoms with Crippen LogP contribution in [0.1, 0.15) is 10.5 Å². The highest BCUT2D eigenvalue weighted by Gasteiger charge is 2.19. The summed E-state index contributed by atoms with van der Waals surface area (Å²) in [6.45, 7) is 0. The minimum Gasteiger partial charge on any atom is -0.496 e. The van der Waals surface area contributed by atoms with Crippen molar-refractivity contribution in [2.24, 2.45) is 0 Å². The van der Waals surface area contributed by atoms with Gasteiger partial charge in [-0.15, -0.1) is 0 Å². The summed E-state index contributed by atoms with van der Waals surface area (Å²) in [6, 6.07) is 1.73. The summed E-state index contributed by atoms with van der Waals surface area (Å²) >= 11 is 2.96. The third-order valence-electron chi connectivity index (χ3n) is 2.33. The van der Waals surface area contributed by atoms with Crippen LogP contribution >= 0.6 is 15.9 Å². The van der Waals surface area contributed by atoms with Gasteiger partial charge in [-0.3, -0.25) is 0 Å². The summed E-state index contributed by atoms with van der Waals surface area (Å²) in [5.41, 5.74) is -0.642. The number of hydrogen-bond acceptors (Lipinski definition) is 3. The van der Waals surface area contributed by atoms with Crippen molar-refractivity contribution < 1.29 is 23.4 Å². The van der Waals surface area contributed by atoms with E-state index in [1.54, 1.807) is 0 Å². The first-order valence-electron chi connectivity index (χ1n) is 4.71. The minimum atomic E-state index is -1.32. The number of pyridine rings is 1. The molecule has 0 aliphatic carbocycles. The fourth-order valence-electron chi connectivity index (χ4n) is 1.54. The number of halogens is 3. The zero-order chi connectivity index (χ0) is 13.4. The van der Waals surface area contributed by atoms with Gasteiger partial charge in [-0.25, -0.2) is 18.6 Å². The van der Waals surface area contributed by atoms with Gasteiger partial charge >= 0.3 is 5.97 Å². The van der Waals surface area contributed by atoms with Gasteiger partial charge < -0.3 is 9.84 Å². The van der Waals surface area contributed by atoms with Gasteiger partial charge in [-0.2, -0.15) is 0 Å². The highest BCUT2D eigenvalue weighted by molar-refractivity contribution is 9.10. The van der Waals surface area contributed by atoms with E-state index in [0.29, 0.717) is 6.07 Å². The van der Waals surface area contributed by atoms with Crippen LogP contribution in [0, 0.1) is 11.6 Å². The SMILES string of the molecule is COc1cc(C(=O)O)nc2c(F)cc(F)c(Br)c12. The molecular weight excluding hydrogens is 312 g/mol. The Morgan fingerprint density at radius 3 is 2.61 bits per heavy atom. The van der Waals surface area contributed by atoms with Crippen molar-refractivity contribution in [1.82, 2.24) is 4.98 Å². The molecule has 2 aromatic rings. The van der Waals surface area contributed by atoms with Crippen LogP contribution in [0.4, 0.5) is 8.78 Å². The van der Waals surface area contributed by atoms with Crippen LogP contribution < -0.4 is 4.74 Å². The molecule has 1 aromatic heterocycles. The zero-order valence-electron chi connectivity index (χ0n) is 9.00. The van der Waals surface area contributed by atoms with E-state index in [-0.39, 0.29) is 26.8 Å². The Kier molecular flexibility index (Phi) is 3.16. The molecule has 94 valence electrons. The number of carboxylic acids is 1. The lowest BCUT2D eigenvalue weighted by Gasteiger charge is -2.09. The second-order valence-electron chi connectivity index (χ2n) is 3.39. The maximum Gasteiger partial charge on any atom is 0.354 e. The van der Waals surface area contributed by atoms with Crippen LogP contribution in [0.15, 0.2) is 16.6 Å². The van der Waals surface area contributed by atoms with Crippen LogP contribution in [0.5, 0.6) is 5.75 Å². The summed E-state index contributed by atoms with van der Waals surface area (Å²) in [5.74, 6) is -3.06. The number of benzene rings is 1. The molecule has 0 radical (unpaired) electrons. The third kappa shape index (κ3) is 1.90. The molecule has 4 nitrogen and oxygen atoms in total. The maximum absolute atomic E-state index is 13.6. The predicted molar refractivity (Wildman–Crippen MR) is 62.9 cm³/mol. The Morgan fingerprint density at radius 2 is 2.06 bits per heavy atom. The highest BCUT2D eigenvalue weighted by atomic mass is 79.9. The monoisotopic (exact) mass is 317 g/mol. The normalized spacial score (nSPS) is 10.7. The number of aromatic carboxylic acids is 1. The fourth-order valence-corrected chi connectivity index (χ4v) is 2.04. The second kappa shape index (κ2) is 4.49. The van der Waals surface area contributed by atoms with Crippen molar-refractivity contribution in [3.8, 4) is 5.75 Å². The van der Waals surface area contributed by atoms with Gasteiger partial charge in [0, 0.05) is 12.1 Å². The van der Waals surface area contributed by atoms with Crippen LogP contribution in [0.2, 0.25) is 0 Å². The van der Waals surface area contributed by atoms with E-state index in [1.807, 2.05) is 0 Å². The first-order valence-corrected chi connectivity index (χ1v) is 5.50. The molecule has 0 aliphatic rings. The molecule has 0 bridgehead atoms. The smallest absolute Gasteiger partial charge is 0.354 e. The van der Waals surface area contributed by atoms with E-state index in [2.05, 4.69) is 20.9 Å². The number of fused-ring (bicyclic) bond motifs is 1. The van der Waals surface area contributed by atoms with Crippen molar-refractivity contribution in [2.75, 3.05) is 7.11 Å². The summed E-state index contributed by atoms with van der Waals surface area (Å²) in [7, 11) is 1.27. The highest BCUT2D eigenvalue weighted by Crippen LogP contribution is 2.35. The van der Waals surface area contributed by atoms with Crippen molar-refractivity contribution in [1.29, 1.82) is 0 Å². The van der Waals surface area contributed by atoms with E-state index in [9.17, 15) is 13.6 Å². The van der Waals surface area contributed by atoms with Gasteiger partial charge in [0.05, 0.1) is 17.0 Å². The van der Waals surface area contributed by atoms with Gasteiger partial charge in [0.15, 0.2) is 11.5 Å². The lowest BCUT2D eigenvalue weighted by Crippen LogP contribution is -2.03. The summed E-state index contributed by atoms with van der Waals surface area (Å²) in [6.07, 6.45) is 0. The first-order chi connectivity index (χ1) is 8.45. The zero-order valence-corrected chi connectivity index (χ0v) is 10.6. The molecule has 0 fully saturated rings. The average Bonchev–Trinajstić information content (AvgIpc) is 2.34. The van der Waals surface area contributed by atoms with Gasteiger partial charge in [-0.05, 0) is 15.9 Å². The number of rotatable bonds is 2. The van der Waals surface area contributed by atoms with Crippen LogP contribution in [-0.2, 0) is 0 Å². The molecule has 18 heavy (non-hydrogen) atoms. The molecule has 0 unspecified atom stereocenters. The number of nitrogens with zero attached hydrogens (tertiary/aromatic N) is 1. The Bertz CT molecular complexity index is 661. The molecular formula is C11H6BrF2NO3. The third-order valence-corrected chi connectivity index (χ3v) is 3.11. The van der Waals surface area contributed by atoms with Crippen molar-refractivity contribution >= 4 is 32.8 Å². The summed E-state index contributed by atoms with van der Waals surface area (Å²) < 4.78 is 31.9. The van der Waals surface area contributed by atoms with E-state index in [4.69, 9.17) is 9.84 Å². The van der Waals surface area contributed by atoms with Gasteiger partial charge in [-0.1, -0.05) is 0 Å². The molecule has 0 saturated heterocycles. The molecule has 0 amide bonds. The Balaban J connectivity index is 2.96. The Morgan fingerprint density at radius 1 is 1.39 bits per heavy atom. The lowest BCUT2D eigenvalue weighted by molar-refractivity contribution is 0.0690. The quantitative estimate of drug-likeness (QED) is 0.865. The topological polar surface area (TPSA) is 59.4 Å². The number of methoxy groups -OCH3 is 1. The number of carbonyl (C=O) groups is 1. The van der Waals surface area contributed by atoms with Gasteiger partial charge in [0.25, 0.3) is 0 Å². The average molecular weight is 318 g/mol. The van der Waals surface area contributed by atoms with Crippen LogP contribution in [-0.4, -0.2) is 23.2 Å². The molecule has 0 aliphatic heterocycles. The number of aromatic nitrogens is 1. The van der Waals surface area contributed by atoms with Crippen LogP contribution in [0.3, 0.4) is 0 Å². The molecule has 1 aromatic carbocycles. The molecule has 0 atom stereocenters. The molecule has 0 spiro atoms. The lowest BCUT2D eigenvalue weighted by atomic mass is 10.1. The predicted octanol–water partition coefficient (Wildman–Crippen LogP) is 2.98. The van der Waals surface area contributed by atoms with E-state index in [1.165, 1.54) is 7.11 Å². The van der Waals surface area contributed by atoms with E-state index in [0.717, 1.165) is 6.07 Å². The standard InChI is InChI=1S/C11H6BrF2NO3/c1-18-7-3-6(11(16)17)15-10-5(14)2-4(13)9(12)8(7)10/h2-3H,1H3,(H,16,17). The van der Waals surface area contributed by atoms with Crippen LogP contribution in [0.25, 0.3) is 10.9 Å². The molecule has 1 N–H and O–H groups in total. The minimum absolute atomic E-state index is 0.0276. The van der Waals surface area contributed by atoms with E-state index < -0.39 is 17.6 Å². The largest absolute Gasteiger partial charge is 0.496 e. The molecule has 1 heterocycles. The molecule has 7 heteroatoms. The number of carboxylic acid groups (broad SMARTS) is 1. The van der Waals surface area contributed by atoms with Gasteiger partial charge in [0.1, 0.15) is 17.1 Å². The molecule has 2 rings (SSSR count). The van der Waals surface area contributed by atoms with Crippen molar-refractivity contribution in [2.45, 2.75) is 0 Å². The fraction of sp³-hybridized carbons (Fsp3) is 0.0909. The van der Waals surface area contributed by atoms with Crippen molar-refractivity contribution in [3.05, 3.63) is 33.9 Å². The first kappa shape index (κ1) is 12.7. The van der Waals surface area contributed by atoms with Gasteiger partial charge in [0.2, 0.25) is 0 Å². The maximum atomic E-state index is 13.6. The Labute approximate surface area is 108 Å². The Hall–Kier alpha value is -1.76. The second-order valence-corrected chi connectivity index (χ2v) is 4.19. The van der Waals surface area contributed by atoms with Crippen molar-refractivity contribution in [3.63, 3.8) is 0 Å². The summed E-state index contributed by atoms with van der Waals surface area (Å²) in [5, 5.41) is 8.91. The molecule has 0 saturated carbocycles.